The maximum Gasteiger partial charge on any atom is 0.174 e. The summed E-state index contributed by atoms with van der Waals surface area (Å²) in [6.07, 6.45) is 1.25. The zero-order valence-corrected chi connectivity index (χ0v) is 9.04. The first-order chi connectivity index (χ1) is 6.11. The van der Waals surface area contributed by atoms with Crippen LogP contribution in [0.3, 0.4) is 0 Å². The highest BCUT2D eigenvalue weighted by atomic mass is 35.5. The van der Waals surface area contributed by atoms with Crippen molar-refractivity contribution in [3.63, 3.8) is 0 Å². The van der Waals surface area contributed by atoms with Crippen molar-refractivity contribution in [1.29, 1.82) is 0 Å². The summed E-state index contributed by atoms with van der Waals surface area (Å²) < 4.78 is 0. The Morgan fingerprint density at radius 1 is 1.62 bits per heavy atom. The lowest BCUT2D eigenvalue weighted by molar-refractivity contribution is 0.0987. The number of Topliss-reactive ketones (excluding diaryl/α,β-unsaturated/α-hetero) is 1. The molecule has 13 heavy (non-hydrogen) atoms. The Labute approximate surface area is 87.0 Å². The second kappa shape index (κ2) is 4.58. The molecule has 0 aliphatic carbocycles. The molecule has 0 saturated heterocycles. The van der Waals surface area contributed by atoms with Gasteiger partial charge in [0.15, 0.2) is 5.78 Å². The fourth-order valence-corrected chi connectivity index (χ4v) is 2.06. The largest absolute Gasteiger partial charge is 0.293 e. The van der Waals surface area contributed by atoms with E-state index in [9.17, 15) is 4.79 Å². The molecule has 0 aromatic carbocycles. The number of halogens is 1. The van der Waals surface area contributed by atoms with E-state index in [4.69, 9.17) is 11.6 Å². The lowest BCUT2D eigenvalue weighted by Gasteiger charge is -1.98. The van der Waals surface area contributed by atoms with Gasteiger partial charge in [0.05, 0.1) is 9.90 Å². The van der Waals surface area contributed by atoms with Crippen LogP contribution in [-0.2, 0) is 0 Å². The van der Waals surface area contributed by atoms with Crippen LogP contribution in [0.2, 0.25) is 5.02 Å². The first-order valence-corrected chi connectivity index (χ1v) is 5.27. The van der Waals surface area contributed by atoms with E-state index in [1.807, 2.05) is 12.3 Å². The molecule has 0 saturated carbocycles. The van der Waals surface area contributed by atoms with Crippen molar-refractivity contribution in [1.82, 2.24) is 0 Å². The second-order valence-electron chi connectivity index (χ2n) is 2.98. The van der Waals surface area contributed by atoms with Crippen molar-refractivity contribution in [2.75, 3.05) is 0 Å². The molecule has 0 amide bonds. The molecule has 0 bridgehead atoms. The summed E-state index contributed by atoms with van der Waals surface area (Å²) in [5.74, 6) is 0.114. The van der Waals surface area contributed by atoms with Crippen molar-refractivity contribution < 1.29 is 4.79 Å². The lowest BCUT2D eigenvalue weighted by atomic mass is 10.1. The minimum atomic E-state index is 0.114. The third kappa shape index (κ3) is 2.98. The number of ketones is 1. The van der Waals surface area contributed by atoms with Gasteiger partial charge in [0.25, 0.3) is 0 Å². The van der Waals surface area contributed by atoms with E-state index < -0.39 is 0 Å². The molecule has 1 nitrogen and oxygen atoms in total. The monoisotopic (exact) mass is 214 g/mol. The van der Waals surface area contributed by atoms with E-state index in [2.05, 4.69) is 6.58 Å². The van der Waals surface area contributed by atoms with Crippen molar-refractivity contribution in [2.24, 2.45) is 0 Å². The number of carbonyl (C=O) groups is 1. The van der Waals surface area contributed by atoms with Gasteiger partial charge in [-0.2, -0.15) is 0 Å². The Morgan fingerprint density at radius 2 is 2.31 bits per heavy atom. The maximum atomic E-state index is 11.5. The van der Waals surface area contributed by atoms with Crippen molar-refractivity contribution in [3.05, 3.63) is 33.5 Å². The summed E-state index contributed by atoms with van der Waals surface area (Å²) >= 11 is 7.22. The molecular weight excluding hydrogens is 204 g/mol. The maximum absolute atomic E-state index is 11.5. The van der Waals surface area contributed by atoms with Gasteiger partial charge in [-0.05, 0) is 24.8 Å². The van der Waals surface area contributed by atoms with Gasteiger partial charge in [0.1, 0.15) is 0 Å². The van der Waals surface area contributed by atoms with Crippen LogP contribution in [0.4, 0.5) is 0 Å². The molecule has 0 spiro atoms. The third-order valence-corrected chi connectivity index (χ3v) is 3.03. The average molecular weight is 215 g/mol. The molecule has 0 unspecified atom stereocenters. The normalized spacial score (nSPS) is 10.0. The number of hydrogen-bond acceptors (Lipinski definition) is 2. The van der Waals surface area contributed by atoms with E-state index in [0.717, 1.165) is 12.0 Å². The van der Waals surface area contributed by atoms with Crippen molar-refractivity contribution in [2.45, 2.75) is 19.8 Å². The quantitative estimate of drug-likeness (QED) is 0.548. The van der Waals surface area contributed by atoms with Crippen molar-refractivity contribution in [3.8, 4) is 0 Å². The van der Waals surface area contributed by atoms with Crippen LogP contribution in [0.25, 0.3) is 0 Å². The predicted molar refractivity (Wildman–Crippen MR) is 57.7 cm³/mol. The Morgan fingerprint density at radius 3 is 2.77 bits per heavy atom. The third-order valence-electron chi connectivity index (χ3n) is 1.65. The SMILES string of the molecule is C=C(C)CCC(=O)c1sccc1Cl. The first-order valence-electron chi connectivity index (χ1n) is 4.02. The molecule has 1 heterocycles. The van der Waals surface area contributed by atoms with Gasteiger partial charge in [0.2, 0.25) is 0 Å². The van der Waals surface area contributed by atoms with E-state index in [-0.39, 0.29) is 5.78 Å². The van der Waals surface area contributed by atoms with Gasteiger partial charge in [-0.25, -0.2) is 0 Å². The number of carbonyl (C=O) groups excluding carboxylic acids is 1. The van der Waals surface area contributed by atoms with Gasteiger partial charge in [-0.15, -0.1) is 17.9 Å². The first kappa shape index (κ1) is 10.5. The van der Waals surface area contributed by atoms with Crippen LogP contribution >= 0.6 is 22.9 Å². The van der Waals surface area contributed by atoms with Gasteiger partial charge >= 0.3 is 0 Å². The predicted octanol–water partition coefficient (Wildman–Crippen LogP) is 3.94. The Kier molecular flexibility index (Phi) is 3.70. The highest BCUT2D eigenvalue weighted by molar-refractivity contribution is 7.12. The van der Waals surface area contributed by atoms with Crippen molar-refractivity contribution >= 4 is 28.7 Å². The number of hydrogen-bond donors (Lipinski definition) is 0. The van der Waals surface area contributed by atoms with Crippen LogP contribution in [0, 0.1) is 0 Å². The topological polar surface area (TPSA) is 17.1 Å². The minimum absolute atomic E-state index is 0.114. The fraction of sp³-hybridized carbons (Fsp3) is 0.300. The number of rotatable bonds is 4. The van der Waals surface area contributed by atoms with Crippen LogP contribution < -0.4 is 0 Å². The molecule has 0 aliphatic rings. The van der Waals surface area contributed by atoms with Crippen LogP contribution in [0.1, 0.15) is 29.4 Å². The lowest BCUT2D eigenvalue weighted by Crippen LogP contribution is -1.96. The summed E-state index contributed by atoms with van der Waals surface area (Å²) in [7, 11) is 0. The van der Waals surface area contributed by atoms with E-state index in [1.54, 1.807) is 6.07 Å². The highest BCUT2D eigenvalue weighted by Gasteiger charge is 2.10. The van der Waals surface area contributed by atoms with Crippen LogP contribution in [0.5, 0.6) is 0 Å². The molecule has 1 aromatic heterocycles. The summed E-state index contributed by atoms with van der Waals surface area (Å²) in [6, 6.07) is 1.75. The van der Waals surface area contributed by atoms with E-state index in [0.29, 0.717) is 16.3 Å². The minimum Gasteiger partial charge on any atom is -0.293 e. The average Bonchev–Trinajstić information content (AvgIpc) is 2.47. The standard InChI is InChI=1S/C10H11ClOS/c1-7(2)3-4-9(12)10-8(11)5-6-13-10/h5-6H,1,3-4H2,2H3. The van der Waals surface area contributed by atoms with E-state index in [1.165, 1.54) is 11.3 Å². The molecule has 0 aliphatic heterocycles. The summed E-state index contributed by atoms with van der Waals surface area (Å²) in [5.41, 5.74) is 1.03. The molecule has 3 heteroatoms. The molecule has 0 N–H and O–H groups in total. The zero-order chi connectivity index (χ0) is 9.84. The highest BCUT2D eigenvalue weighted by Crippen LogP contribution is 2.24. The molecule has 0 radical (unpaired) electrons. The van der Waals surface area contributed by atoms with Gasteiger partial charge in [-0.3, -0.25) is 4.79 Å². The number of thiophene rings is 1. The molecule has 1 rings (SSSR count). The summed E-state index contributed by atoms with van der Waals surface area (Å²) in [6.45, 7) is 5.67. The molecular formula is C10H11ClOS. The molecule has 70 valence electrons. The fourth-order valence-electron chi connectivity index (χ4n) is 0.933. The summed E-state index contributed by atoms with van der Waals surface area (Å²) in [5, 5.41) is 2.40. The zero-order valence-electron chi connectivity index (χ0n) is 7.47. The summed E-state index contributed by atoms with van der Waals surface area (Å²) in [4.78, 5) is 12.2. The molecule has 0 atom stereocenters. The molecule has 1 aromatic rings. The van der Waals surface area contributed by atoms with Crippen LogP contribution in [0.15, 0.2) is 23.6 Å². The van der Waals surface area contributed by atoms with Gasteiger partial charge in [0, 0.05) is 6.42 Å². The second-order valence-corrected chi connectivity index (χ2v) is 4.30. The Bertz CT molecular complexity index is 327. The van der Waals surface area contributed by atoms with Gasteiger partial charge in [-0.1, -0.05) is 17.2 Å². The molecule has 0 fully saturated rings. The smallest absolute Gasteiger partial charge is 0.174 e. The van der Waals surface area contributed by atoms with Crippen LogP contribution in [-0.4, -0.2) is 5.78 Å². The number of allylic oxidation sites excluding steroid dienone is 1. The Balaban J connectivity index is 2.59. The Hall–Kier alpha value is -0.600. The van der Waals surface area contributed by atoms with E-state index >= 15 is 0 Å². The van der Waals surface area contributed by atoms with Gasteiger partial charge < -0.3 is 0 Å².